The van der Waals surface area contributed by atoms with Gasteiger partial charge in [-0.15, -0.1) is 0 Å². The molecule has 0 saturated carbocycles. The first-order chi connectivity index (χ1) is 9.03. The molecule has 19 heavy (non-hydrogen) atoms. The highest BCUT2D eigenvalue weighted by Gasteiger charge is 2.28. The van der Waals surface area contributed by atoms with Crippen LogP contribution in [0.3, 0.4) is 0 Å². The molecule has 6 heteroatoms. The van der Waals surface area contributed by atoms with Crippen LogP contribution < -0.4 is 15.4 Å². The molecular weight excluding hydrogens is 257 g/mol. The van der Waals surface area contributed by atoms with Crippen LogP contribution in [0.2, 0.25) is 0 Å². The van der Waals surface area contributed by atoms with Crippen LogP contribution in [0.5, 0.6) is 5.75 Å². The molecule has 0 aromatic heterocycles. The van der Waals surface area contributed by atoms with Gasteiger partial charge in [-0.3, -0.25) is 0 Å². The van der Waals surface area contributed by atoms with Gasteiger partial charge in [0.25, 0.3) is 0 Å². The lowest BCUT2D eigenvalue weighted by Crippen LogP contribution is -2.30. The van der Waals surface area contributed by atoms with Gasteiger partial charge in [0.05, 0.1) is 0 Å². The minimum atomic E-state index is -4.30. The van der Waals surface area contributed by atoms with Gasteiger partial charge in [0.2, 0.25) is 0 Å². The molecule has 106 valence electrons. The van der Waals surface area contributed by atoms with Crippen LogP contribution in [-0.4, -0.2) is 31.9 Å². The van der Waals surface area contributed by atoms with Gasteiger partial charge in [-0.05, 0) is 30.7 Å². The van der Waals surface area contributed by atoms with Gasteiger partial charge < -0.3 is 15.4 Å². The van der Waals surface area contributed by atoms with Crippen LogP contribution in [0.15, 0.2) is 24.3 Å². The highest BCUT2D eigenvalue weighted by molar-refractivity contribution is 5.27. The van der Waals surface area contributed by atoms with Gasteiger partial charge in [-0.2, -0.15) is 13.2 Å². The molecule has 3 nitrogen and oxygen atoms in total. The average Bonchev–Trinajstić information content (AvgIpc) is 2.87. The fourth-order valence-electron chi connectivity index (χ4n) is 1.96. The first kappa shape index (κ1) is 14.1. The van der Waals surface area contributed by atoms with Gasteiger partial charge in [0.1, 0.15) is 5.75 Å². The second-order valence-corrected chi connectivity index (χ2v) is 4.62. The van der Waals surface area contributed by atoms with Gasteiger partial charge in [-0.1, -0.05) is 12.1 Å². The molecule has 0 bridgehead atoms. The molecule has 1 aliphatic rings. The zero-order valence-corrected chi connectivity index (χ0v) is 10.5. The molecule has 0 amide bonds. The van der Waals surface area contributed by atoms with Crippen molar-refractivity contribution in [3.05, 3.63) is 29.8 Å². The Morgan fingerprint density at radius 3 is 2.58 bits per heavy atom. The van der Waals surface area contributed by atoms with E-state index in [0.717, 1.165) is 25.1 Å². The van der Waals surface area contributed by atoms with Crippen molar-refractivity contribution in [2.75, 3.05) is 19.7 Å². The Hall–Kier alpha value is -1.27. The van der Waals surface area contributed by atoms with E-state index in [0.29, 0.717) is 12.6 Å². The molecule has 1 atom stereocenters. The summed E-state index contributed by atoms with van der Waals surface area (Å²) in [6.07, 6.45) is -3.19. The summed E-state index contributed by atoms with van der Waals surface area (Å²) >= 11 is 0. The smallest absolute Gasteiger partial charge is 0.422 e. The predicted molar refractivity (Wildman–Crippen MR) is 66.1 cm³/mol. The molecule has 1 fully saturated rings. The Morgan fingerprint density at radius 1 is 1.26 bits per heavy atom. The summed E-state index contributed by atoms with van der Waals surface area (Å²) in [7, 11) is 0. The van der Waals surface area contributed by atoms with Crippen molar-refractivity contribution in [2.45, 2.75) is 25.2 Å². The number of hydrogen-bond acceptors (Lipinski definition) is 3. The van der Waals surface area contributed by atoms with Crippen molar-refractivity contribution in [2.24, 2.45) is 0 Å². The summed E-state index contributed by atoms with van der Waals surface area (Å²) in [4.78, 5) is 0. The van der Waals surface area contributed by atoms with Crippen LogP contribution in [0.4, 0.5) is 13.2 Å². The van der Waals surface area contributed by atoms with E-state index in [9.17, 15) is 13.2 Å². The van der Waals surface area contributed by atoms with Crippen molar-refractivity contribution in [3.8, 4) is 5.75 Å². The van der Waals surface area contributed by atoms with E-state index in [1.165, 1.54) is 0 Å². The Labute approximate surface area is 110 Å². The number of hydrogen-bond donors (Lipinski definition) is 2. The van der Waals surface area contributed by atoms with E-state index < -0.39 is 12.8 Å². The van der Waals surface area contributed by atoms with Crippen LogP contribution in [-0.2, 0) is 6.54 Å². The molecule has 0 radical (unpaired) electrons. The summed E-state index contributed by atoms with van der Waals surface area (Å²) in [5.41, 5.74) is 1.03. The number of alkyl halides is 3. The number of rotatable bonds is 5. The Bertz CT molecular complexity index is 386. The van der Waals surface area contributed by atoms with Crippen LogP contribution >= 0.6 is 0 Å². The molecule has 1 heterocycles. The summed E-state index contributed by atoms with van der Waals surface area (Å²) in [5.74, 6) is 0.239. The van der Waals surface area contributed by atoms with E-state index in [4.69, 9.17) is 0 Å². The van der Waals surface area contributed by atoms with Crippen LogP contribution in [0.25, 0.3) is 0 Å². The molecule has 1 aliphatic heterocycles. The highest BCUT2D eigenvalue weighted by atomic mass is 19.4. The topological polar surface area (TPSA) is 33.3 Å². The second kappa shape index (κ2) is 6.25. The third-order valence-electron chi connectivity index (χ3n) is 2.98. The maximum absolute atomic E-state index is 12.0. The number of nitrogens with one attached hydrogen (secondary N) is 2. The number of benzene rings is 1. The number of ether oxygens (including phenoxy) is 1. The molecule has 2 rings (SSSR count). The maximum atomic E-state index is 12.0. The first-order valence-electron chi connectivity index (χ1n) is 6.25. The fourth-order valence-corrected chi connectivity index (χ4v) is 1.96. The Balaban J connectivity index is 1.77. The lowest BCUT2D eigenvalue weighted by molar-refractivity contribution is -0.153. The van der Waals surface area contributed by atoms with Crippen molar-refractivity contribution >= 4 is 0 Å². The molecule has 1 saturated heterocycles. The summed E-state index contributed by atoms with van der Waals surface area (Å²) in [6.45, 7) is 1.46. The quantitative estimate of drug-likeness (QED) is 0.862. The summed E-state index contributed by atoms with van der Waals surface area (Å²) in [5, 5.41) is 6.65. The lowest BCUT2D eigenvalue weighted by Gasteiger charge is -2.12. The number of halogens is 3. The highest BCUT2D eigenvalue weighted by Crippen LogP contribution is 2.18. The lowest BCUT2D eigenvalue weighted by atomic mass is 10.2. The minimum absolute atomic E-state index is 0.239. The van der Waals surface area contributed by atoms with Gasteiger partial charge >= 0.3 is 6.18 Å². The van der Waals surface area contributed by atoms with Crippen molar-refractivity contribution in [3.63, 3.8) is 0 Å². The zero-order chi connectivity index (χ0) is 13.7. The van der Waals surface area contributed by atoms with E-state index in [1.807, 2.05) is 0 Å². The van der Waals surface area contributed by atoms with Gasteiger partial charge in [0.15, 0.2) is 6.61 Å². The van der Waals surface area contributed by atoms with E-state index in [2.05, 4.69) is 15.4 Å². The molecule has 2 N–H and O–H groups in total. The minimum Gasteiger partial charge on any atom is -0.484 e. The van der Waals surface area contributed by atoms with Crippen molar-refractivity contribution in [1.29, 1.82) is 0 Å². The molecule has 0 aliphatic carbocycles. The van der Waals surface area contributed by atoms with Gasteiger partial charge in [0, 0.05) is 19.1 Å². The normalized spacial score (nSPS) is 19.6. The maximum Gasteiger partial charge on any atom is 0.422 e. The predicted octanol–water partition coefficient (Wildman–Crippen LogP) is 2.08. The monoisotopic (exact) mass is 274 g/mol. The summed E-state index contributed by atoms with van der Waals surface area (Å²) < 4.78 is 40.6. The third-order valence-corrected chi connectivity index (χ3v) is 2.98. The largest absolute Gasteiger partial charge is 0.484 e. The molecule has 0 spiro atoms. The summed E-state index contributed by atoms with van der Waals surface area (Å²) in [6, 6.07) is 7.16. The average molecular weight is 274 g/mol. The molecular formula is C13H17F3N2O. The van der Waals surface area contributed by atoms with E-state index >= 15 is 0 Å². The standard InChI is InChI=1S/C13H17F3N2O/c14-13(15,16)9-19-12-3-1-10(2-4-12)7-18-11-5-6-17-8-11/h1-4,11,17-18H,5-9H2. The van der Waals surface area contributed by atoms with Crippen LogP contribution in [0.1, 0.15) is 12.0 Å². The van der Waals surface area contributed by atoms with Crippen molar-refractivity contribution < 1.29 is 17.9 Å². The van der Waals surface area contributed by atoms with Gasteiger partial charge in [-0.25, -0.2) is 0 Å². The zero-order valence-electron chi connectivity index (χ0n) is 10.5. The molecule has 1 aromatic rings. The van der Waals surface area contributed by atoms with E-state index in [1.54, 1.807) is 24.3 Å². The Kier molecular flexibility index (Phi) is 4.66. The fraction of sp³-hybridized carbons (Fsp3) is 0.538. The molecule has 1 aromatic carbocycles. The second-order valence-electron chi connectivity index (χ2n) is 4.62. The third kappa shape index (κ3) is 5.08. The Morgan fingerprint density at radius 2 is 2.00 bits per heavy atom. The van der Waals surface area contributed by atoms with Crippen LogP contribution in [0, 0.1) is 0 Å². The molecule has 1 unspecified atom stereocenters. The van der Waals surface area contributed by atoms with Crippen molar-refractivity contribution in [1.82, 2.24) is 10.6 Å². The van der Waals surface area contributed by atoms with E-state index in [-0.39, 0.29) is 5.75 Å². The SMILES string of the molecule is FC(F)(F)COc1ccc(CNC2CCNC2)cc1. The first-order valence-corrected chi connectivity index (χ1v) is 6.25.